The predicted molar refractivity (Wildman–Crippen MR) is 120 cm³/mol. The number of hydrogen-bond acceptors (Lipinski definition) is 7. The van der Waals surface area contributed by atoms with Crippen molar-refractivity contribution in [1.29, 1.82) is 0 Å². The number of aromatic nitrogens is 4. The van der Waals surface area contributed by atoms with Gasteiger partial charge in [0.2, 0.25) is 0 Å². The number of pyridine rings is 2. The second kappa shape index (κ2) is 7.87. The maximum atomic E-state index is 13.5. The summed E-state index contributed by atoms with van der Waals surface area (Å²) in [4.78, 5) is 20.1. The summed E-state index contributed by atoms with van der Waals surface area (Å²) in [6.45, 7) is 2.02. The Hall–Kier alpha value is -3.26. The topological polar surface area (TPSA) is 80.8 Å². The van der Waals surface area contributed by atoms with Crippen LogP contribution in [0.4, 0.5) is 16.0 Å². The van der Waals surface area contributed by atoms with Crippen LogP contribution >= 0.6 is 11.8 Å². The number of nitrogens with zero attached hydrogens (tertiary/aromatic N) is 5. The standard InChI is InChI=1S/C22H19FN6S/c23-16-4-1-14(2-5-16)17-11-18(28-22-20(17)21(24)26-13-27-22)15-3-6-19(25-12-15)29-7-9-30-10-8-29/h1-6,11-13H,7-10H2,(H2,24,26,27,28). The number of rotatable bonds is 3. The van der Waals surface area contributed by atoms with Crippen molar-refractivity contribution in [3.05, 3.63) is 60.8 Å². The van der Waals surface area contributed by atoms with Crippen LogP contribution in [0.25, 0.3) is 33.4 Å². The van der Waals surface area contributed by atoms with Crippen LogP contribution in [-0.2, 0) is 0 Å². The van der Waals surface area contributed by atoms with Gasteiger partial charge in [0.05, 0.1) is 11.1 Å². The van der Waals surface area contributed by atoms with Crippen LogP contribution in [0.15, 0.2) is 55.0 Å². The average molecular weight is 419 g/mol. The van der Waals surface area contributed by atoms with Crippen molar-refractivity contribution in [2.24, 2.45) is 0 Å². The Balaban J connectivity index is 1.60. The van der Waals surface area contributed by atoms with E-state index in [-0.39, 0.29) is 5.82 Å². The van der Waals surface area contributed by atoms with E-state index in [2.05, 4.69) is 19.9 Å². The van der Waals surface area contributed by atoms with E-state index in [1.165, 1.54) is 18.5 Å². The highest BCUT2D eigenvalue weighted by Gasteiger charge is 2.15. The van der Waals surface area contributed by atoms with Crippen LogP contribution in [0.5, 0.6) is 0 Å². The third-order valence-electron chi connectivity index (χ3n) is 5.17. The summed E-state index contributed by atoms with van der Waals surface area (Å²) < 4.78 is 13.5. The van der Waals surface area contributed by atoms with Gasteiger partial charge in [0.25, 0.3) is 0 Å². The lowest BCUT2D eigenvalue weighted by Gasteiger charge is -2.27. The number of halogens is 1. The quantitative estimate of drug-likeness (QED) is 0.538. The highest BCUT2D eigenvalue weighted by Crippen LogP contribution is 2.34. The lowest BCUT2D eigenvalue weighted by molar-refractivity contribution is 0.628. The van der Waals surface area contributed by atoms with Gasteiger partial charge in [-0.25, -0.2) is 24.3 Å². The molecule has 0 radical (unpaired) electrons. The van der Waals surface area contributed by atoms with E-state index < -0.39 is 0 Å². The number of fused-ring (bicyclic) bond motifs is 1. The summed E-state index contributed by atoms with van der Waals surface area (Å²) in [5.41, 5.74) is 9.87. The zero-order chi connectivity index (χ0) is 20.5. The maximum Gasteiger partial charge on any atom is 0.165 e. The van der Waals surface area contributed by atoms with Crippen LogP contribution in [0, 0.1) is 5.82 Å². The fourth-order valence-electron chi connectivity index (χ4n) is 3.61. The molecule has 1 aromatic carbocycles. The molecule has 0 amide bonds. The van der Waals surface area contributed by atoms with Gasteiger partial charge < -0.3 is 10.6 Å². The number of benzene rings is 1. The summed E-state index contributed by atoms with van der Waals surface area (Å²) in [5, 5.41) is 0.656. The smallest absolute Gasteiger partial charge is 0.165 e. The Morgan fingerprint density at radius 3 is 2.43 bits per heavy atom. The molecule has 0 unspecified atom stereocenters. The molecule has 4 aromatic rings. The molecule has 4 heterocycles. The van der Waals surface area contributed by atoms with Gasteiger partial charge in [0, 0.05) is 36.4 Å². The van der Waals surface area contributed by atoms with Gasteiger partial charge in [0.1, 0.15) is 23.8 Å². The summed E-state index contributed by atoms with van der Waals surface area (Å²) in [7, 11) is 0. The molecule has 0 aliphatic carbocycles. The molecule has 0 saturated carbocycles. The molecule has 1 aliphatic rings. The Labute approximate surface area is 177 Å². The SMILES string of the molecule is Nc1ncnc2nc(-c3ccc(N4CCSCC4)nc3)cc(-c3ccc(F)cc3)c12. The van der Waals surface area contributed by atoms with Crippen LogP contribution in [0.1, 0.15) is 0 Å². The van der Waals surface area contributed by atoms with Crippen molar-refractivity contribution < 1.29 is 4.39 Å². The first-order valence-electron chi connectivity index (χ1n) is 9.65. The van der Waals surface area contributed by atoms with E-state index >= 15 is 0 Å². The van der Waals surface area contributed by atoms with E-state index in [0.29, 0.717) is 16.9 Å². The fourth-order valence-corrected chi connectivity index (χ4v) is 4.51. The molecule has 0 bridgehead atoms. The third kappa shape index (κ3) is 3.54. The van der Waals surface area contributed by atoms with Gasteiger partial charge in [-0.1, -0.05) is 12.1 Å². The van der Waals surface area contributed by atoms with Gasteiger partial charge in [-0.15, -0.1) is 0 Å². The van der Waals surface area contributed by atoms with Crippen LogP contribution < -0.4 is 10.6 Å². The van der Waals surface area contributed by atoms with E-state index in [1.807, 2.05) is 36.2 Å². The van der Waals surface area contributed by atoms with Gasteiger partial charge in [-0.2, -0.15) is 11.8 Å². The van der Waals surface area contributed by atoms with Crippen LogP contribution in [-0.4, -0.2) is 44.5 Å². The normalized spacial score (nSPS) is 14.2. The van der Waals surface area contributed by atoms with E-state index in [1.54, 1.807) is 12.1 Å². The Morgan fingerprint density at radius 1 is 0.933 bits per heavy atom. The number of thioether (sulfide) groups is 1. The van der Waals surface area contributed by atoms with Crippen LogP contribution in [0.3, 0.4) is 0 Å². The lowest BCUT2D eigenvalue weighted by Crippen LogP contribution is -2.32. The molecule has 0 spiro atoms. The molecular weight excluding hydrogens is 399 g/mol. The molecule has 5 rings (SSSR count). The van der Waals surface area contributed by atoms with Gasteiger partial charge in [0.15, 0.2) is 5.65 Å². The Bertz CT molecular complexity index is 1190. The third-order valence-corrected chi connectivity index (χ3v) is 6.11. The van der Waals surface area contributed by atoms with Gasteiger partial charge in [-0.3, -0.25) is 0 Å². The number of hydrogen-bond donors (Lipinski definition) is 1. The molecule has 1 fully saturated rings. The molecule has 3 aromatic heterocycles. The van der Waals surface area contributed by atoms with Gasteiger partial charge in [-0.05, 0) is 41.5 Å². The molecule has 6 nitrogen and oxygen atoms in total. The average Bonchev–Trinajstić information content (AvgIpc) is 2.80. The fraction of sp³-hybridized carbons (Fsp3) is 0.182. The first-order valence-corrected chi connectivity index (χ1v) is 10.8. The largest absolute Gasteiger partial charge is 0.383 e. The van der Waals surface area contributed by atoms with E-state index in [9.17, 15) is 4.39 Å². The zero-order valence-corrected chi connectivity index (χ0v) is 16.9. The zero-order valence-electron chi connectivity index (χ0n) is 16.1. The molecule has 0 atom stereocenters. The first kappa shape index (κ1) is 18.7. The highest BCUT2D eigenvalue weighted by molar-refractivity contribution is 7.99. The molecule has 8 heteroatoms. The minimum absolute atomic E-state index is 0.294. The van der Waals surface area contributed by atoms with Crippen molar-refractivity contribution in [3.8, 4) is 22.4 Å². The second-order valence-electron chi connectivity index (χ2n) is 7.02. The van der Waals surface area contributed by atoms with E-state index in [4.69, 9.17) is 10.7 Å². The van der Waals surface area contributed by atoms with E-state index in [0.717, 1.165) is 52.8 Å². The summed E-state index contributed by atoms with van der Waals surface area (Å²) in [5.74, 6) is 3.27. The maximum absolute atomic E-state index is 13.5. The highest BCUT2D eigenvalue weighted by atomic mass is 32.2. The minimum Gasteiger partial charge on any atom is -0.383 e. The summed E-state index contributed by atoms with van der Waals surface area (Å²) in [6, 6.07) is 12.3. The summed E-state index contributed by atoms with van der Waals surface area (Å²) in [6.07, 6.45) is 3.24. The number of anilines is 2. The second-order valence-corrected chi connectivity index (χ2v) is 8.25. The Kier molecular flexibility index (Phi) is 4.92. The van der Waals surface area contributed by atoms with Gasteiger partial charge >= 0.3 is 0 Å². The molecule has 2 N–H and O–H groups in total. The van der Waals surface area contributed by atoms with Crippen molar-refractivity contribution in [3.63, 3.8) is 0 Å². The first-order chi connectivity index (χ1) is 14.7. The molecule has 1 saturated heterocycles. The molecule has 150 valence electrons. The monoisotopic (exact) mass is 418 g/mol. The van der Waals surface area contributed by atoms with Crippen molar-refractivity contribution >= 4 is 34.4 Å². The van der Waals surface area contributed by atoms with Crippen molar-refractivity contribution in [1.82, 2.24) is 19.9 Å². The number of nitrogen functional groups attached to an aromatic ring is 1. The summed E-state index contributed by atoms with van der Waals surface area (Å²) >= 11 is 1.97. The minimum atomic E-state index is -0.294. The predicted octanol–water partition coefficient (Wildman–Crippen LogP) is 4.03. The molecule has 30 heavy (non-hydrogen) atoms. The molecule has 1 aliphatic heterocycles. The number of nitrogens with two attached hydrogens (primary N) is 1. The lowest BCUT2D eigenvalue weighted by atomic mass is 10.0. The Morgan fingerprint density at radius 2 is 1.70 bits per heavy atom. The van der Waals surface area contributed by atoms with Crippen molar-refractivity contribution in [2.45, 2.75) is 0 Å². The molecular formula is C22H19FN6S. The van der Waals surface area contributed by atoms with Crippen LogP contribution in [0.2, 0.25) is 0 Å². The van der Waals surface area contributed by atoms with Crippen molar-refractivity contribution in [2.75, 3.05) is 35.2 Å².